The molecule has 9 nitrogen and oxygen atoms in total. The van der Waals surface area contributed by atoms with Gasteiger partial charge in [-0.3, -0.25) is 14.4 Å². The van der Waals surface area contributed by atoms with E-state index in [-0.39, 0.29) is 52.6 Å². The first-order valence-corrected chi connectivity index (χ1v) is 16.9. The summed E-state index contributed by atoms with van der Waals surface area (Å²) in [4.78, 5) is 37.2. The van der Waals surface area contributed by atoms with E-state index in [4.69, 9.17) is 9.47 Å². The Labute approximate surface area is 278 Å². The monoisotopic (exact) mass is 693 g/mol. The van der Waals surface area contributed by atoms with E-state index in [1.54, 1.807) is 44.4 Å². The minimum Gasteiger partial charge on any atom is -0.444 e. The molecular formula is C33H36F5N5O4S. The number of morpholine rings is 1. The first-order chi connectivity index (χ1) is 22.5. The van der Waals surface area contributed by atoms with Crippen LogP contribution in [0.1, 0.15) is 46.2 Å². The van der Waals surface area contributed by atoms with Crippen LogP contribution in [0.4, 0.5) is 32.6 Å². The second kappa shape index (κ2) is 11.6. The average molecular weight is 694 g/mol. The molecule has 1 amide bonds. The summed E-state index contributed by atoms with van der Waals surface area (Å²) in [7, 11) is 0. The van der Waals surface area contributed by atoms with Crippen LogP contribution in [0, 0.1) is 11.6 Å². The van der Waals surface area contributed by atoms with Crippen molar-refractivity contribution in [3.63, 3.8) is 0 Å². The maximum Gasteiger partial charge on any atom is 0.417 e. The molecule has 0 radical (unpaired) electrons. The highest BCUT2D eigenvalue weighted by molar-refractivity contribution is 7.99. The molecule has 3 fully saturated rings. The number of piperazine rings is 1. The third-order valence-electron chi connectivity index (χ3n) is 9.50. The standard InChI is InChI=1S/C33H36F5N5O4S/c1-16-10-41(11-17(2)42(16)31(45)47-32(3,4)5)29-21-9-22(33(36,37)38)26(20-7-6-18(34)8-23(20)35)28-27(21)43(30(44)39-29)19(15-48-28)12-40-13-25-24(40)14-46-25/h6-9,16-17,19,24-25H,10-15H2,1-5H3/t16-,17+,19-,24+,25?/m0/s1. The number of hydrogen-bond donors (Lipinski definition) is 0. The lowest BCUT2D eigenvalue weighted by molar-refractivity contribution is -0.216. The van der Waals surface area contributed by atoms with E-state index in [0.717, 1.165) is 30.0 Å². The number of alkyl halides is 3. The smallest absolute Gasteiger partial charge is 0.417 e. The van der Waals surface area contributed by atoms with Crippen molar-refractivity contribution in [3.8, 4) is 11.1 Å². The van der Waals surface area contributed by atoms with Crippen molar-refractivity contribution in [1.29, 1.82) is 0 Å². The summed E-state index contributed by atoms with van der Waals surface area (Å²) < 4.78 is 86.7. The van der Waals surface area contributed by atoms with Gasteiger partial charge in [0.25, 0.3) is 0 Å². The number of nitrogens with zero attached hydrogens (tertiary/aromatic N) is 5. The average Bonchev–Trinajstić information content (AvgIpc) is 2.95. The van der Waals surface area contributed by atoms with Crippen LogP contribution in [0.15, 0.2) is 34.0 Å². The molecule has 4 aliphatic heterocycles. The molecule has 48 heavy (non-hydrogen) atoms. The number of carbonyl (C=O) groups is 1. The van der Waals surface area contributed by atoms with Crippen LogP contribution in [-0.2, 0) is 15.7 Å². The number of thioether (sulfide) groups is 1. The topological polar surface area (TPSA) is 80.1 Å². The second-order valence-corrected chi connectivity index (χ2v) is 15.1. The van der Waals surface area contributed by atoms with Crippen molar-refractivity contribution in [1.82, 2.24) is 19.4 Å². The Kier molecular flexibility index (Phi) is 7.98. The van der Waals surface area contributed by atoms with Gasteiger partial charge in [0.1, 0.15) is 23.1 Å². The molecular weight excluding hydrogens is 657 g/mol. The van der Waals surface area contributed by atoms with E-state index in [0.29, 0.717) is 25.8 Å². The zero-order valence-corrected chi connectivity index (χ0v) is 27.9. The van der Waals surface area contributed by atoms with Crippen LogP contribution in [0.3, 0.4) is 0 Å². The van der Waals surface area contributed by atoms with Gasteiger partial charge in [-0.2, -0.15) is 18.2 Å². The quantitative estimate of drug-likeness (QED) is 0.312. The van der Waals surface area contributed by atoms with Crippen LogP contribution in [0.25, 0.3) is 22.0 Å². The number of aromatic nitrogens is 2. The molecule has 5 heterocycles. The van der Waals surface area contributed by atoms with E-state index in [1.807, 2.05) is 0 Å². The summed E-state index contributed by atoms with van der Waals surface area (Å²) in [5.41, 5.74) is -3.09. The van der Waals surface area contributed by atoms with Gasteiger partial charge < -0.3 is 14.4 Å². The van der Waals surface area contributed by atoms with E-state index in [1.165, 1.54) is 4.57 Å². The fourth-order valence-electron chi connectivity index (χ4n) is 7.36. The molecule has 3 saturated heterocycles. The number of carbonyl (C=O) groups excluding carboxylic acids is 1. The first kappa shape index (κ1) is 33.1. The number of amides is 1. The van der Waals surface area contributed by atoms with Gasteiger partial charge in [0.2, 0.25) is 0 Å². The number of ether oxygens (including phenoxy) is 2. The molecule has 4 aliphatic rings. The van der Waals surface area contributed by atoms with Crippen molar-refractivity contribution in [2.75, 3.05) is 43.4 Å². The molecule has 0 saturated carbocycles. The molecule has 3 aromatic rings. The molecule has 1 aromatic heterocycles. The lowest BCUT2D eigenvalue weighted by Crippen LogP contribution is -2.71. The van der Waals surface area contributed by atoms with Gasteiger partial charge in [-0.1, -0.05) is 0 Å². The third kappa shape index (κ3) is 5.60. The number of hydrogen-bond acceptors (Lipinski definition) is 8. The predicted molar refractivity (Wildman–Crippen MR) is 170 cm³/mol. The molecule has 0 spiro atoms. The fraction of sp³-hybridized carbons (Fsp3) is 0.545. The summed E-state index contributed by atoms with van der Waals surface area (Å²) in [6, 6.07) is 2.36. The number of halogens is 5. The summed E-state index contributed by atoms with van der Waals surface area (Å²) in [6.07, 6.45) is -5.29. The van der Waals surface area contributed by atoms with Crippen molar-refractivity contribution in [3.05, 3.63) is 51.9 Å². The van der Waals surface area contributed by atoms with Gasteiger partial charge in [0, 0.05) is 59.4 Å². The number of likely N-dealkylation sites (tertiary alicyclic amines) is 1. The van der Waals surface area contributed by atoms with E-state index >= 15 is 4.39 Å². The summed E-state index contributed by atoms with van der Waals surface area (Å²) in [5, 5.41) is 0.0963. The molecule has 0 aliphatic carbocycles. The van der Waals surface area contributed by atoms with Gasteiger partial charge in [-0.25, -0.2) is 18.4 Å². The maximum atomic E-state index is 15.3. The number of fused-ring (bicyclic) bond motifs is 1. The van der Waals surface area contributed by atoms with Crippen molar-refractivity contribution < 1.29 is 36.2 Å². The maximum absolute atomic E-state index is 15.3. The summed E-state index contributed by atoms with van der Waals surface area (Å²) in [6.45, 7) is 11.0. The lowest BCUT2D eigenvalue weighted by atomic mass is 9.93. The third-order valence-corrected chi connectivity index (χ3v) is 10.7. The van der Waals surface area contributed by atoms with Gasteiger partial charge in [-0.05, 0) is 52.8 Å². The van der Waals surface area contributed by atoms with Gasteiger partial charge in [0.05, 0.1) is 48.0 Å². The molecule has 0 N–H and O–H groups in total. The molecule has 2 aromatic carbocycles. The van der Waals surface area contributed by atoms with E-state index < -0.39 is 70.0 Å². The largest absolute Gasteiger partial charge is 0.444 e. The molecule has 15 heteroatoms. The van der Waals surface area contributed by atoms with Gasteiger partial charge in [-0.15, -0.1) is 11.8 Å². The SMILES string of the molecule is C[C@@H]1CN(c2nc(=O)n3c4c(c(-c5ccc(F)cc5F)c(C(F)(F)F)cc24)SC[C@@H]3CN2CC3OC[C@H]32)C[C@H](C)N1C(=O)OC(C)(C)C. The van der Waals surface area contributed by atoms with Crippen molar-refractivity contribution in [2.24, 2.45) is 0 Å². The Morgan fingerprint density at radius 3 is 2.35 bits per heavy atom. The van der Waals surface area contributed by atoms with Crippen molar-refractivity contribution >= 4 is 34.6 Å². The van der Waals surface area contributed by atoms with Crippen LogP contribution < -0.4 is 10.6 Å². The number of anilines is 1. The Hall–Kier alpha value is -3.43. The lowest BCUT2D eigenvalue weighted by Gasteiger charge is -2.55. The van der Waals surface area contributed by atoms with E-state index in [2.05, 4.69) is 9.88 Å². The first-order valence-electron chi connectivity index (χ1n) is 15.9. The zero-order valence-electron chi connectivity index (χ0n) is 27.1. The molecule has 0 bridgehead atoms. The predicted octanol–water partition coefficient (Wildman–Crippen LogP) is 5.92. The number of benzene rings is 2. The van der Waals surface area contributed by atoms with Crippen LogP contribution >= 0.6 is 11.8 Å². The van der Waals surface area contributed by atoms with Crippen molar-refractivity contribution in [2.45, 2.75) is 81.6 Å². The zero-order chi connectivity index (χ0) is 34.4. The van der Waals surface area contributed by atoms with Gasteiger partial charge in [0.15, 0.2) is 0 Å². The van der Waals surface area contributed by atoms with Crippen LogP contribution in [0.2, 0.25) is 0 Å². The highest BCUT2D eigenvalue weighted by atomic mass is 32.2. The molecule has 258 valence electrons. The molecule has 1 unspecified atom stereocenters. The minimum atomic E-state index is -4.93. The number of rotatable bonds is 4. The molecule has 5 atom stereocenters. The normalized spacial score (nSPS) is 25.8. The summed E-state index contributed by atoms with van der Waals surface area (Å²) >= 11 is 1.13. The van der Waals surface area contributed by atoms with Crippen LogP contribution in [0.5, 0.6) is 0 Å². The Bertz CT molecular complexity index is 1850. The highest BCUT2D eigenvalue weighted by Crippen LogP contribution is 2.51. The highest BCUT2D eigenvalue weighted by Gasteiger charge is 2.48. The Balaban J connectivity index is 1.40. The molecule has 7 rings (SSSR count). The fourth-order valence-corrected chi connectivity index (χ4v) is 8.69. The Morgan fingerprint density at radius 1 is 1.08 bits per heavy atom. The summed E-state index contributed by atoms with van der Waals surface area (Å²) in [5.74, 6) is -1.75. The minimum absolute atomic E-state index is 0.0596. The second-order valence-electron chi connectivity index (χ2n) is 14.1. The Morgan fingerprint density at radius 2 is 1.79 bits per heavy atom. The van der Waals surface area contributed by atoms with E-state index in [9.17, 15) is 27.2 Å². The van der Waals surface area contributed by atoms with Gasteiger partial charge >= 0.3 is 18.0 Å². The van der Waals surface area contributed by atoms with Crippen LogP contribution in [-0.4, -0.2) is 93.8 Å².